The Hall–Kier alpha value is -5.89. The van der Waals surface area contributed by atoms with Crippen molar-refractivity contribution in [1.29, 1.82) is 0 Å². The van der Waals surface area contributed by atoms with Crippen LogP contribution in [-0.4, -0.2) is 82.5 Å². The summed E-state index contributed by atoms with van der Waals surface area (Å²) in [7, 11) is 0. The first-order valence-electron chi connectivity index (χ1n) is 21.2. The highest BCUT2D eigenvalue weighted by Crippen LogP contribution is 2.41. The molecule has 1 aromatic heterocycles. The summed E-state index contributed by atoms with van der Waals surface area (Å²) in [5.74, 6) is -3.33. The van der Waals surface area contributed by atoms with Gasteiger partial charge >= 0.3 is 29.8 Å². The highest BCUT2D eigenvalue weighted by Gasteiger charge is 2.53. The van der Waals surface area contributed by atoms with E-state index >= 15 is 0 Å². The molecule has 2 aliphatic rings. The summed E-state index contributed by atoms with van der Waals surface area (Å²) < 4.78 is 34.3. The van der Waals surface area contributed by atoms with E-state index in [1.165, 1.54) is 53.8 Å². The number of rotatable bonds is 19. The fourth-order valence-corrected chi connectivity index (χ4v) is 7.04. The molecule has 1 saturated heterocycles. The molecule has 63 heavy (non-hydrogen) atoms. The van der Waals surface area contributed by atoms with E-state index in [9.17, 15) is 24.0 Å². The van der Waals surface area contributed by atoms with E-state index in [1.54, 1.807) is 0 Å². The van der Waals surface area contributed by atoms with Crippen LogP contribution in [0.4, 0.5) is 0 Å². The largest absolute Gasteiger partial charge is 0.463 e. The highest BCUT2D eigenvalue weighted by molar-refractivity contribution is 5.70. The topological polar surface area (TPSA) is 171 Å². The zero-order valence-corrected chi connectivity index (χ0v) is 38.7. The molecule has 0 aromatic carbocycles. The second-order valence-corrected chi connectivity index (χ2v) is 16.6. The smallest absolute Gasteiger partial charge is 0.306 e. The van der Waals surface area contributed by atoms with Crippen LogP contribution in [-0.2, 0) is 58.8 Å². The monoisotopic (exact) mass is 871 g/mol. The van der Waals surface area contributed by atoms with Crippen molar-refractivity contribution in [1.82, 2.24) is 15.0 Å². The molecule has 2 heterocycles. The molecular formula is C49H65N3O11. The molecule has 0 spiro atoms. The Morgan fingerprint density at radius 1 is 0.746 bits per heavy atom. The number of hydrogen-bond acceptors (Lipinski definition) is 13. The van der Waals surface area contributed by atoms with E-state index in [4.69, 9.17) is 28.4 Å². The summed E-state index contributed by atoms with van der Waals surface area (Å²) in [6.07, 6.45) is 23.5. The molecule has 3 rings (SSSR count). The van der Waals surface area contributed by atoms with Gasteiger partial charge in [-0.3, -0.25) is 24.0 Å². The fraction of sp³-hybridized carbons (Fsp3) is 0.490. The molecular weight excluding hydrogens is 807 g/mol. The zero-order chi connectivity index (χ0) is 46.7. The molecule has 1 aliphatic heterocycles. The second kappa shape index (κ2) is 25.3. The second-order valence-electron chi connectivity index (χ2n) is 16.6. The SMILES string of the molecule is CC(=O)OC[C@H]1O[C@@H](n2cc(CCC(=O)OC/C(C)=C/C=C/C(C)=C/C=C/C=C(C)/C=C/C=C(C)/C=C/C3=C(C)CCCC3(C)C)nn2)[C@H](OC(C)=O)[C@@H](OC(C)=O)[C@@H]1OC(C)=O. The van der Waals surface area contributed by atoms with Gasteiger partial charge in [-0.15, -0.1) is 5.10 Å². The maximum atomic E-state index is 12.6. The van der Waals surface area contributed by atoms with Crippen LogP contribution in [0.15, 0.2) is 113 Å². The Kier molecular flexibility index (Phi) is 20.6. The number of aromatic nitrogens is 3. The van der Waals surface area contributed by atoms with Crippen LogP contribution in [0.2, 0.25) is 0 Å². The highest BCUT2D eigenvalue weighted by atomic mass is 16.7. The lowest BCUT2D eigenvalue weighted by Crippen LogP contribution is -2.60. The van der Waals surface area contributed by atoms with Gasteiger partial charge in [-0.05, 0) is 70.4 Å². The van der Waals surface area contributed by atoms with Gasteiger partial charge in [0.15, 0.2) is 24.5 Å². The first kappa shape index (κ1) is 51.5. The molecule has 14 nitrogen and oxygen atoms in total. The van der Waals surface area contributed by atoms with Crippen LogP contribution >= 0.6 is 0 Å². The molecule has 0 bridgehead atoms. The summed E-state index contributed by atoms with van der Waals surface area (Å²) in [5, 5.41) is 8.22. The third-order valence-corrected chi connectivity index (χ3v) is 10.2. The molecule has 1 aliphatic carbocycles. The molecule has 1 aromatic rings. The minimum absolute atomic E-state index is 0.0110. The maximum absolute atomic E-state index is 12.6. The van der Waals surface area contributed by atoms with Crippen molar-refractivity contribution in [3.05, 3.63) is 118 Å². The van der Waals surface area contributed by atoms with Crippen molar-refractivity contribution in [3.8, 4) is 0 Å². The van der Waals surface area contributed by atoms with Gasteiger partial charge in [-0.2, -0.15) is 0 Å². The Morgan fingerprint density at radius 2 is 1.32 bits per heavy atom. The Morgan fingerprint density at radius 3 is 1.92 bits per heavy atom. The van der Waals surface area contributed by atoms with Gasteiger partial charge in [0, 0.05) is 34.1 Å². The molecule has 342 valence electrons. The van der Waals surface area contributed by atoms with Crippen molar-refractivity contribution in [3.63, 3.8) is 0 Å². The average molecular weight is 872 g/mol. The van der Waals surface area contributed by atoms with Crippen LogP contribution in [0, 0.1) is 5.41 Å². The van der Waals surface area contributed by atoms with Crippen LogP contribution in [0.1, 0.15) is 114 Å². The number of ether oxygens (including phenoxy) is 6. The van der Waals surface area contributed by atoms with E-state index in [-0.39, 0.29) is 31.5 Å². The van der Waals surface area contributed by atoms with Crippen molar-refractivity contribution >= 4 is 29.8 Å². The Labute approximate surface area is 372 Å². The van der Waals surface area contributed by atoms with Crippen molar-refractivity contribution in [2.24, 2.45) is 5.41 Å². The normalized spacial score (nSPS) is 22.6. The number of carbonyl (C=O) groups excluding carboxylic acids is 5. The van der Waals surface area contributed by atoms with E-state index in [2.05, 4.69) is 81.4 Å². The minimum atomic E-state index is -1.36. The summed E-state index contributed by atoms with van der Waals surface area (Å²) in [6, 6.07) is 0. The molecule has 0 saturated carbocycles. The van der Waals surface area contributed by atoms with Crippen LogP contribution in [0.3, 0.4) is 0 Å². The molecule has 0 radical (unpaired) electrons. The maximum Gasteiger partial charge on any atom is 0.306 e. The lowest BCUT2D eigenvalue weighted by Gasteiger charge is -2.44. The third kappa shape index (κ3) is 18.2. The van der Waals surface area contributed by atoms with E-state index in [0.29, 0.717) is 5.69 Å². The van der Waals surface area contributed by atoms with Gasteiger partial charge in [-0.25, -0.2) is 4.68 Å². The van der Waals surface area contributed by atoms with E-state index in [0.717, 1.165) is 37.5 Å². The zero-order valence-electron chi connectivity index (χ0n) is 38.7. The number of esters is 5. The average Bonchev–Trinajstić information content (AvgIpc) is 3.66. The van der Waals surface area contributed by atoms with Gasteiger partial charge in [0.2, 0.25) is 0 Å². The number of aryl methyl sites for hydroxylation is 1. The lowest BCUT2D eigenvalue weighted by molar-refractivity contribution is -0.270. The summed E-state index contributed by atoms with van der Waals surface area (Å²) >= 11 is 0. The fourth-order valence-electron chi connectivity index (χ4n) is 7.04. The van der Waals surface area contributed by atoms with Crippen molar-refractivity contribution < 1.29 is 52.4 Å². The molecule has 5 atom stereocenters. The summed E-state index contributed by atoms with van der Waals surface area (Å²) in [6.45, 7) is 19.3. The van der Waals surface area contributed by atoms with Gasteiger partial charge in [0.1, 0.15) is 19.3 Å². The number of nitrogens with zero attached hydrogens (tertiary/aromatic N) is 3. The summed E-state index contributed by atoms with van der Waals surface area (Å²) in [5.41, 5.74) is 7.81. The van der Waals surface area contributed by atoms with Gasteiger partial charge in [0.25, 0.3) is 0 Å². The molecule has 0 unspecified atom stereocenters. The quantitative estimate of drug-likeness (QED) is 0.0737. The number of carbonyl (C=O) groups is 5. The van der Waals surface area contributed by atoms with Crippen LogP contribution in [0.5, 0.6) is 0 Å². The predicted molar refractivity (Wildman–Crippen MR) is 238 cm³/mol. The van der Waals surface area contributed by atoms with Gasteiger partial charge in [0.05, 0.1) is 18.3 Å². The standard InChI is InChI=1S/C49H65N3O11/c1-32(19-14-21-34(3)24-26-42-36(5)23-16-28-49(42,10)11)17-12-13-18-33(2)20-15-22-35(4)30-59-44(57)27-25-41-29-52(51-50-41)48-47(62-40(9)56)46(61-39(8)55)45(60-38(7)54)43(63-48)31-58-37(6)53/h12-15,17-22,24,26,29,43,45-48H,16,23,25,27-28,30-31H2,1-11H3/b13-12+,19-14+,20-15+,26-24+,32-17+,33-18+,34-21+,35-22+/t43-,45-,46+,47-,48-/m1/s1. The molecule has 14 heteroatoms. The number of allylic oxidation sites excluding steroid dienone is 17. The molecule has 0 N–H and O–H groups in total. The first-order valence-corrected chi connectivity index (χ1v) is 21.2. The minimum Gasteiger partial charge on any atom is -0.463 e. The van der Waals surface area contributed by atoms with Crippen LogP contribution in [0.25, 0.3) is 0 Å². The molecule has 0 amide bonds. The van der Waals surface area contributed by atoms with Crippen molar-refractivity contribution in [2.75, 3.05) is 13.2 Å². The Balaban J connectivity index is 1.53. The van der Waals surface area contributed by atoms with Crippen molar-refractivity contribution in [2.45, 2.75) is 139 Å². The van der Waals surface area contributed by atoms with Crippen LogP contribution < -0.4 is 0 Å². The summed E-state index contributed by atoms with van der Waals surface area (Å²) in [4.78, 5) is 60.6. The predicted octanol–water partition coefficient (Wildman–Crippen LogP) is 8.55. The Bertz CT molecular complexity index is 2070. The number of hydrogen-bond donors (Lipinski definition) is 0. The third-order valence-electron chi connectivity index (χ3n) is 10.2. The molecule has 1 fully saturated rings. The lowest BCUT2D eigenvalue weighted by atomic mass is 9.72. The van der Waals surface area contributed by atoms with E-state index < -0.39 is 60.5 Å². The first-order chi connectivity index (χ1) is 29.7. The van der Waals surface area contributed by atoms with E-state index in [1.807, 2.05) is 50.3 Å². The van der Waals surface area contributed by atoms with Gasteiger partial charge in [-0.1, -0.05) is 114 Å². The van der Waals surface area contributed by atoms with Gasteiger partial charge < -0.3 is 28.4 Å².